The van der Waals surface area contributed by atoms with Crippen molar-refractivity contribution < 1.29 is 27.4 Å². The van der Waals surface area contributed by atoms with Crippen LogP contribution in [0.15, 0.2) is 18.2 Å². The van der Waals surface area contributed by atoms with Gasteiger partial charge in [-0.2, -0.15) is 0 Å². The number of sulfonamides is 1. The number of carbonyl (C=O) groups is 1. The Hall–Kier alpha value is -1.83. The van der Waals surface area contributed by atoms with E-state index >= 15 is 0 Å². The molecule has 100 valence electrons. The van der Waals surface area contributed by atoms with Gasteiger partial charge in [0, 0.05) is 6.07 Å². The molecule has 0 fully saturated rings. The van der Waals surface area contributed by atoms with E-state index in [4.69, 9.17) is 9.84 Å². The van der Waals surface area contributed by atoms with Gasteiger partial charge in [-0.05, 0) is 12.1 Å². The summed E-state index contributed by atoms with van der Waals surface area (Å²) in [6.45, 7) is 0. The molecule has 0 bridgehead atoms. The van der Waals surface area contributed by atoms with Gasteiger partial charge in [-0.1, -0.05) is 0 Å². The van der Waals surface area contributed by atoms with Crippen LogP contribution in [0, 0.1) is 5.82 Å². The monoisotopic (exact) mass is 277 g/mol. The molecule has 0 radical (unpaired) electrons. The topological polar surface area (TPSA) is 92.7 Å². The van der Waals surface area contributed by atoms with E-state index in [0.29, 0.717) is 0 Å². The van der Waals surface area contributed by atoms with E-state index < -0.39 is 34.0 Å². The van der Waals surface area contributed by atoms with Gasteiger partial charge in [0.25, 0.3) is 0 Å². The van der Waals surface area contributed by atoms with Crippen LogP contribution in [0.4, 0.5) is 10.1 Å². The van der Waals surface area contributed by atoms with Gasteiger partial charge in [0.2, 0.25) is 10.0 Å². The fourth-order valence-corrected chi connectivity index (χ4v) is 2.24. The molecule has 0 spiro atoms. The number of carboxylic acids is 1. The summed E-state index contributed by atoms with van der Waals surface area (Å²) >= 11 is 0. The normalized spacial score (nSPS) is 11.0. The first-order valence-electron chi connectivity index (χ1n) is 4.90. The highest BCUT2D eigenvalue weighted by Crippen LogP contribution is 2.25. The minimum Gasteiger partial charge on any atom is -0.494 e. The van der Waals surface area contributed by atoms with Crippen molar-refractivity contribution >= 4 is 21.7 Å². The minimum absolute atomic E-state index is 0.0221. The van der Waals surface area contributed by atoms with Crippen molar-refractivity contribution in [1.29, 1.82) is 0 Å². The van der Waals surface area contributed by atoms with Gasteiger partial charge >= 0.3 is 5.97 Å². The maximum Gasteiger partial charge on any atom is 0.304 e. The number of aliphatic carboxylic acids is 1. The number of carboxylic acid groups (broad SMARTS) is 1. The first-order chi connectivity index (χ1) is 8.34. The molecule has 0 amide bonds. The average Bonchev–Trinajstić information content (AvgIpc) is 2.29. The maximum atomic E-state index is 12.9. The Morgan fingerprint density at radius 3 is 2.72 bits per heavy atom. The summed E-state index contributed by atoms with van der Waals surface area (Å²) in [6, 6.07) is 3.29. The van der Waals surface area contributed by atoms with Gasteiger partial charge in [-0.15, -0.1) is 0 Å². The van der Waals surface area contributed by atoms with E-state index in [0.717, 1.165) is 12.1 Å². The fourth-order valence-electron chi connectivity index (χ4n) is 1.19. The quantitative estimate of drug-likeness (QED) is 0.810. The highest BCUT2D eigenvalue weighted by atomic mass is 32.2. The van der Waals surface area contributed by atoms with Crippen LogP contribution >= 0.6 is 0 Å². The van der Waals surface area contributed by atoms with Crippen LogP contribution < -0.4 is 9.46 Å². The number of hydrogen-bond donors (Lipinski definition) is 2. The lowest BCUT2D eigenvalue weighted by Crippen LogP contribution is -2.19. The third kappa shape index (κ3) is 4.21. The van der Waals surface area contributed by atoms with Gasteiger partial charge in [0.05, 0.1) is 25.0 Å². The van der Waals surface area contributed by atoms with Gasteiger partial charge in [-0.3, -0.25) is 9.52 Å². The van der Waals surface area contributed by atoms with Crippen molar-refractivity contribution in [2.75, 3.05) is 17.6 Å². The molecule has 1 aromatic rings. The van der Waals surface area contributed by atoms with Gasteiger partial charge in [0.1, 0.15) is 11.6 Å². The van der Waals surface area contributed by atoms with E-state index in [1.807, 2.05) is 0 Å². The van der Waals surface area contributed by atoms with Crippen LogP contribution in [-0.4, -0.2) is 32.4 Å². The Labute approximate surface area is 103 Å². The van der Waals surface area contributed by atoms with Gasteiger partial charge in [-0.25, -0.2) is 12.8 Å². The SMILES string of the molecule is COc1cc(F)ccc1NS(=O)(=O)CCC(=O)O. The number of halogens is 1. The summed E-state index contributed by atoms with van der Waals surface area (Å²) < 4.78 is 42.9. The maximum absolute atomic E-state index is 12.9. The lowest BCUT2D eigenvalue weighted by atomic mass is 10.3. The van der Waals surface area contributed by atoms with Crippen molar-refractivity contribution in [2.45, 2.75) is 6.42 Å². The van der Waals surface area contributed by atoms with Crippen LogP contribution in [0.1, 0.15) is 6.42 Å². The second-order valence-corrected chi connectivity index (χ2v) is 5.25. The molecule has 6 nitrogen and oxygen atoms in total. The molecule has 0 aliphatic heterocycles. The van der Waals surface area contributed by atoms with Crippen LogP contribution in [0.25, 0.3) is 0 Å². The molecule has 0 atom stereocenters. The predicted octanol–water partition coefficient (Wildman–Crippen LogP) is 1.05. The molecule has 0 heterocycles. The predicted molar refractivity (Wildman–Crippen MR) is 62.6 cm³/mol. The Morgan fingerprint density at radius 1 is 1.50 bits per heavy atom. The Morgan fingerprint density at radius 2 is 2.17 bits per heavy atom. The molecule has 0 aliphatic rings. The highest BCUT2D eigenvalue weighted by Gasteiger charge is 2.15. The third-order valence-electron chi connectivity index (χ3n) is 2.01. The highest BCUT2D eigenvalue weighted by molar-refractivity contribution is 7.92. The van der Waals surface area contributed by atoms with Crippen molar-refractivity contribution in [3.8, 4) is 5.75 Å². The summed E-state index contributed by atoms with van der Waals surface area (Å²) in [5.74, 6) is -2.33. The molecule has 8 heteroatoms. The molecule has 2 N–H and O–H groups in total. The van der Waals surface area contributed by atoms with Crippen LogP contribution in [0.2, 0.25) is 0 Å². The number of benzene rings is 1. The van der Waals surface area contributed by atoms with Gasteiger partial charge < -0.3 is 9.84 Å². The summed E-state index contributed by atoms with van der Waals surface area (Å²) in [7, 11) is -2.54. The van der Waals surface area contributed by atoms with E-state index in [1.165, 1.54) is 13.2 Å². The van der Waals surface area contributed by atoms with E-state index in [9.17, 15) is 17.6 Å². The molecular weight excluding hydrogens is 265 g/mol. The lowest BCUT2D eigenvalue weighted by molar-refractivity contribution is -0.136. The molecule has 1 aromatic carbocycles. The van der Waals surface area contributed by atoms with Crippen LogP contribution in [0.5, 0.6) is 5.75 Å². The Bertz CT molecular complexity index is 543. The van der Waals surface area contributed by atoms with E-state index in [1.54, 1.807) is 0 Å². The summed E-state index contributed by atoms with van der Waals surface area (Å²) in [5, 5.41) is 8.41. The number of rotatable bonds is 6. The Balaban J connectivity index is 2.87. The standard InChI is InChI=1S/C10H12FNO5S/c1-17-9-6-7(11)2-3-8(9)12-18(15,16)5-4-10(13)14/h2-3,6,12H,4-5H2,1H3,(H,13,14). The third-order valence-corrected chi connectivity index (χ3v) is 3.29. The first-order valence-corrected chi connectivity index (χ1v) is 6.55. The van der Waals surface area contributed by atoms with Crippen molar-refractivity contribution in [1.82, 2.24) is 0 Å². The molecule has 0 aromatic heterocycles. The summed E-state index contributed by atoms with van der Waals surface area (Å²) in [6.07, 6.45) is -0.515. The van der Waals surface area contributed by atoms with Crippen LogP contribution in [0.3, 0.4) is 0 Å². The molecule has 0 saturated carbocycles. The molecular formula is C10H12FNO5S. The molecule has 18 heavy (non-hydrogen) atoms. The zero-order valence-corrected chi connectivity index (χ0v) is 10.3. The number of anilines is 1. The van der Waals surface area contributed by atoms with Crippen molar-refractivity contribution in [2.24, 2.45) is 0 Å². The zero-order valence-electron chi connectivity index (χ0n) is 9.51. The number of nitrogens with one attached hydrogen (secondary N) is 1. The number of ether oxygens (including phenoxy) is 1. The number of hydrogen-bond acceptors (Lipinski definition) is 4. The van der Waals surface area contributed by atoms with Crippen LogP contribution in [-0.2, 0) is 14.8 Å². The largest absolute Gasteiger partial charge is 0.494 e. The summed E-state index contributed by atoms with van der Waals surface area (Å²) in [5.41, 5.74) is 0.0595. The molecule has 1 rings (SSSR count). The second kappa shape index (κ2) is 5.67. The minimum atomic E-state index is -3.81. The van der Waals surface area contributed by atoms with Crippen molar-refractivity contribution in [3.63, 3.8) is 0 Å². The van der Waals surface area contributed by atoms with E-state index in [2.05, 4.69) is 4.72 Å². The summed E-state index contributed by atoms with van der Waals surface area (Å²) in [4.78, 5) is 10.3. The Kier molecular flexibility index (Phi) is 4.49. The van der Waals surface area contributed by atoms with Gasteiger partial charge in [0.15, 0.2) is 0 Å². The molecule has 0 aliphatic carbocycles. The average molecular weight is 277 g/mol. The molecule has 0 unspecified atom stereocenters. The fraction of sp³-hybridized carbons (Fsp3) is 0.300. The van der Waals surface area contributed by atoms with Crippen molar-refractivity contribution in [3.05, 3.63) is 24.0 Å². The number of methoxy groups -OCH3 is 1. The van der Waals surface area contributed by atoms with E-state index in [-0.39, 0.29) is 11.4 Å². The zero-order chi connectivity index (χ0) is 13.8. The smallest absolute Gasteiger partial charge is 0.304 e. The molecule has 0 saturated heterocycles. The lowest BCUT2D eigenvalue weighted by Gasteiger charge is -2.11. The second-order valence-electron chi connectivity index (χ2n) is 3.41. The first kappa shape index (κ1) is 14.2.